The van der Waals surface area contributed by atoms with Gasteiger partial charge in [0.05, 0.1) is 13.0 Å². The van der Waals surface area contributed by atoms with Crippen molar-refractivity contribution in [1.82, 2.24) is 4.98 Å². The fourth-order valence-corrected chi connectivity index (χ4v) is 2.95. The fourth-order valence-electron chi connectivity index (χ4n) is 2.95. The van der Waals surface area contributed by atoms with Gasteiger partial charge in [-0.15, -0.1) is 0 Å². The smallest absolute Gasteiger partial charge is 0.310 e. The van der Waals surface area contributed by atoms with E-state index >= 15 is 0 Å². The SMILES string of the molecule is CCOC(=O)Cc1c(/C(C)=C/c2ccccc2)[nH]c2ccccc12. The van der Waals surface area contributed by atoms with E-state index in [-0.39, 0.29) is 12.4 Å². The lowest BCUT2D eigenvalue weighted by molar-refractivity contribution is -0.142. The minimum Gasteiger partial charge on any atom is -0.466 e. The lowest BCUT2D eigenvalue weighted by atomic mass is 10.0. The fraction of sp³-hybridized carbons (Fsp3) is 0.190. The molecule has 1 aromatic heterocycles. The predicted octanol–water partition coefficient (Wildman–Crippen LogP) is 4.83. The van der Waals surface area contributed by atoms with Gasteiger partial charge in [-0.05, 0) is 42.7 Å². The summed E-state index contributed by atoms with van der Waals surface area (Å²) < 4.78 is 5.14. The van der Waals surface area contributed by atoms with Gasteiger partial charge in [-0.1, -0.05) is 48.5 Å². The number of hydrogen-bond acceptors (Lipinski definition) is 2. The first kappa shape index (κ1) is 16.1. The molecule has 24 heavy (non-hydrogen) atoms. The highest BCUT2D eigenvalue weighted by molar-refractivity contribution is 5.94. The largest absolute Gasteiger partial charge is 0.466 e. The Balaban J connectivity index is 2.06. The number of H-pyrrole nitrogens is 1. The predicted molar refractivity (Wildman–Crippen MR) is 98.6 cm³/mol. The number of aromatic nitrogens is 1. The van der Waals surface area contributed by atoms with Crippen LogP contribution in [-0.2, 0) is 16.0 Å². The lowest BCUT2D eigenvalue weighted by Gasteiger charge is -2.06. The van der Waals surface area contributed by atoms with Crippen molar-refractivity contribution in [3.8, 4) is 0 Å². The van der Waals surface area contributed by atoms with E-state index in [2.05, 4.69) is 30.1 Å². The minimum absolute atomic E-state index is 0.198. The second kappa shape index (κ2) is 7.18. The van der Waals surface area contributed by atoms with Gasteiger partial charge in [0.2, 0.25) is 0 Å². The number of nitrogens with one attached hydrogen (secondary N) is 1. The van der Waals surface area contributed by atoms with Crippen LogP contribution < -0.4 is 0 Å². The molecule has 1 heterocycles. The van der Waals surface area contributed by atoms with Gasteiger partial charge in [0, 0.05) is 16.6 Å². The molecule has 3 nitrogen and oxygen atoms in total. The third-order valence-electron chi connectivity index (χ3n) is 4.02. The molecule has 3 heteroatoms. The topological polar surface area (TPSA) is 42.1 Å². The number of esters is 1. The van der Waals surface area contributed by atoms with Gasteiger partial charge in [0.1, 0.15) is 0 Å². The number of aromatic amines is 1. The van der Waals surface area contributed by atoms with Crippen molar-refractivity contribution in [2.75, 3.05) is 6.61 Å². The van der Waals surface area contributed by atoms with E-state index in [1.807, 2.05) is 49.4 Å². The molecule has 2 aromatic carbocycles. The Morgan fingerprint density at radius 3 is 2.54 bits per heavy atom. The van der Waals surface area contributed by atoms with E-state index in [9.17, 15) is 4.79 Å². The number of carbonyl (C=O) groups is 1. The van der Waals surface area contributed by atoms with E-state index in [1.54, 1.807) is 0 Å². The highest BCUT2D eigenvalue weighted by atomic mass is 16.5. The van der Waals surface area contributed by atoms with Gasteiger partial charge < -0.3 is 9.72 Å². The summed E-state index contributed by atoms with van der Waals surface area (Å²) in [5, 5.41) is 1.07. The number of rotatable bonds is 5. The Labute approximate surface area is 142 Å². The maximum absolute atomic E-state index is 12.0. The number of fused-ring (bicyclic) bond motifs is 1. The molecule has 3 aromatic rings. The molecule has 0 aliphatic carbocycles. The first-order valence-electron chi connectivity index (χ1n) is 8.18. The molecule has 0 saturated carbocycles. The molecule has 0 bridgehead atoms. The molecule has 0 saturated heterocycles. The molecule has 0 aliphatic rings. The van der Waals surface area contributed by atoms with Crippen LogP contribution in [-0.4, -0.2) is 17.6 Å². The molecule has 0 atom stereocenters. The summed E-state index contributed by atoms with van der Waals surface area (Å²) in [5.41, 5.74) is 5.25. The third kappa shape index (κ3) is 3.40. The quantitative estimate of drug-likeness (QED) is 0.684. The molecule has 0 unspecified atom stereocenters. The van der Waals surface area contributed by atoms with Gasteiger partial charge in [-0.25, -0.2) is 0 Å². The molecular weight excluding hydrogens is 298 g/mol. The van der Waals surface area contributed by atoms with Crippen molar-refractivity contribution in [1.29, 1.82) is 0 Å². The summed E-state index contributed by atoms with van der Waals surface area (Å²) in [6, 6.07) is 18.2. The highest BCUT2D eigenvalue weighted by Gasteiger charge is 2.16. The zero-order valence-corrected chi connectivity index (χ0v) is 14.0. The second-order valence-electron chi connectivity index (χ2n) is 5.74. The highest BCUT2D eigenvalue weighted by Crippen LogP contribution is 2.29. The lowest BCUT2D eigenvalue weighted by Crippen LogP contribution is -2.08. The van der Waals surface area contributed by atoms with Crippen molar-refractivity contribution in [2.24, 2.45) is 0 Å². The molecule has 1 N–H and O–H groups in total. The van der Waals surface area contributed by atoms with Crippen molar-refractivity contribution < 1.29 is 9.53 Å². The third-order valence-corrected chi connectivity index (χ3v) is 4.02. The number of para-hydroxylation sites is 1. The first-order valence-corrected chi connectivity index (χ1v) is 8.18. The monoisotopic (exact) mass is 319 g/mol. The molecule has 0 radical (unpaired) electrons. The molecular formula is C21H21NO2. The van der Waals surface area contributed by atoms with Crippen LogP contribution in [0, 0.1) is 0 Å². The van der Waals surface area contributed by atoms with Crippen molar-refractivity contribution >= 4 is 28.5 Å². The van der Waals surface area contributed by atoms with Crippen LogP contribution in [0.2, 0.25) is 0 Å². The summed E-state index contributed by atoms with van der Waals surface area (Å²) in [4.78, 5) is 15.5. The summed E-state index contributed by atoms with van der Waals surface area (Å²) in [5.74, 6) is -0.198. The molecule has 0 spiro atoms. The van der Waals surface area contributed by atoms with Gasteiger partial charge >= 0.3 is 5.97 Å². The number of allylic oxidation sites excluding steroid dienone is 1. The number of hydrogen-bond donors (Lipinski definition) is 1. The normalized spacial score (nSPS) is 11.7. The van der Waals surface area contributed by atoms with Crippen molar-refractivity contribution in [2.45, 2.75) is 20.3 Å². The number of ether oxygens (including phenoxy) is 1. The van der Waals surface area contributed by atoms with E-state index in [0.29, 0.717) is 6.61 Å². The van der Waals surface area contributed by atoms with Crippen LogP contribution in [0.3, 0.4) is 0 Å². The van der Waals surface area contributed by atoms with Crippen LogP contribution in [0.1, 0.15) is 30.7 Å². The van der Waals surface area contributed by atoms with Crippen molar-refractivity contribution in [3.63, 3.8) is 0 Å². The summed E-state index contributed by atoms with van der Waals surface area (Å²) in [7, 11) is 0. The zero-order chi connectivity index (χ0) is 16.9. The second-order valence-corrected chi connectivity index (χ2v) is 5.74. The zero-order valence-electron chi connectivity index (χ0n) is 14.0. The standard InChI is InChI=1S/C21H21NO2/c1-3-24-20(23)14-18-17-11-7-8-12-19(17)22-21(18)15(2)13-16-9-5-4-6-10-16/h4-13,22H,3,14H2,1-2H3/b15-13+. The summed E-state index contributed by atoms with van der Waals surface area (Å²) in [6.07, 6.45) is 2.40. The van der Waals surface area contributed by atoms with Crippen LogP contribution in [0.5, 0.6) is 0 Å². The van der Waals surface area contributed by atoms with Crippen LogP contribution in [0.25, 0.3) is 22.6 Å². The van der Waals surface area contributed by atoms with Gasteiger partial charge in [0.15, 0.2) is 0 Å². The Morgan fingerprint density at radius 2 is 1.79 bits per heavy atom. The van der Waals surface area contributed by atoms with Gasteiger partial charge in [-0.3, -0.25) is 4.79 Å². The summed E-state index contributed by atoms with van der Waals surface area (Å²) >= 11 is 0. The van der Waals surface area contributed by atoms with Crippen LogP contribution >= 0.6 is 0 Å². The van der Waals surface area contributed by atoms with Crippen LogP contribution in [0.4, 0.5) is 0 Å². The van der Waals surface area contributed by atoms with E-state index in [1.165, 1.54) is 0 Å². The Hall–Kier alpha value is -2.81. The number of benzene rings is 2. The molecule has 122 valence electrons. The molecule has 0 aliphatic heterocycles. The molecule has 0 fully saturated rings. The van der Waals surface area contributed by atoms with Crippen molar-refractivity contribution in [3.05, 3.63) is 71.4 Å². The van der Waals surface area contributed by atoms with E-state index in [4.69, 9.17) is 4.74 Å². The molecule has 0 amide bonds. The molecule has 3 rings (SSSR count). The van der Waals surface area contributed by atoms with Crippen LogP contribution in [0.15, 0.2) is 54.6 Å². The maximum atomic E-state index is 12.0. The maximum Gasteiger partial charge on any atom is 0.310 e. The first-order chi connectivity index (χ1) is 11.7. The average molecular weight is 319 g/mol. The number of carbonyl (C=O) groups excluding carboxylic acids is 1. The Morgan fingerprint density at radius 1 is 1.08 bits per heavy atom. The van der Waals surface area contributed by atoms with E-state index < -0.39 is 0 Å². The summed E-state index contributed by atoms with van der Waals surface area (Å²) in [6.45, 7) is 4.29. The Kier molecular flexibility index (Phi) is 4.80. The van der Waals surface area contributed by atoms with Gasteiger partial charge in [0.25, 0.3) is 0 Å². The average Bonchev–Trinajstić information content (AvgIpc) is 2.95. The Bertz CT molecular complexity index is 875. The van der Waals surface area contributed by atoms with E-state index in [0.717, 1.165) is 33.3 Å². The minimum atomic E-state index is -0.198. The van der Waals surface area contributed by atoms with Gasteiger partial charge in [-0.2, -0.15) is 0 Å².